The molecule has 0 radical (unpaired) electrons. The Morgan fingerprint density at radius 2 is 1.83 bits per heavy atom. The van der Waals surface area contributed by atoms with E-state index in [9.17, 15) is 19.0 Å². The van der Waals surface area contributed by atoms with Crippen LogP contribution in [0.2, 0.25) is 0 Å². The summed E-state index contributed by atoms with van der Waals surface area (Å²) in [5, 5.41) is 9.48. The number of rotatable bonds is 11. The minimum Gasteiger partial charge on any atom is -0.481 e. The largest absolute Gasteiger partial charge is 0.481 e. The van der Waals surface area contributed by atoms with Crippen LogP contribution in [-0.2, 0) is 13.9 Å². The summed E-state index contributed by atoms with van der Waals surface area (Å²) in [7, 11) is -2.83. The fourth-order valence-electron chi connectivity index (χ4n) is 3.78. The number of unbranched alkanes of at least 4 members (excludes halogenated alkanes) is 3. The average Bonchev–Trinajstić information content (AvgIpc) is 2.50. The smallest absolute Gasteiger partial charge is 0.321 e. The second kappa shape index (κ2) is 11.0. The van der Waals surface area contributed by atoms with Gasteiger partial charge in [-0.2, -0.15) is 0 Å². The van der Waals surface area contributed by atoms with Crippen LogP contribution in [0, 0.1) is 11.8 Å². The first kappa shape index (κ1) is 20.4. The first-order valence-electron chi connectivity index (χ1n) is 9.09. The van der Waals surface area contributed by atoms with Crippen molar-refractivity contribution in [3.05, 3.63) is 0 Å². The van der Waals surface area contributed by atoms with Crippen molar-refractivity contribution in [2.24, 2.45) is 17.6 Å². The Morgan fingerprint density at radius 1 is 1.17 bits per heavy atom. The van der Waals surface area contributed by atoms with Crippen LogP contribution >= 0.6 is 7.68 Å². The molecule has 0 aliphatic heterocycles. The molecule has 0 aromatic carbocycles. The van der Waals surface area contributed by atoms with E-state index in [1.807, 2.05) is 0 Å². The summed E-state index contributed by atoms with van der Waals surface area (Å²) < 4.78 is 23.4. The highest BCUT2D eigenvalue weighted by Gasteiger charge is 2.37. The second-order valence-corrected chi connectivity index (χ2v) is 8.14. The number of carbonyl (C=O) groups is 1. The summed E-state index contributed by atoms with van der Waals surface area (Å²) >= 11 is 0. The summed E-state index contributed by atoms with van der Waals surface area (Å²) in [6.45, 7) is 2.09. The minimum absolute atomic E-state index is 0.404. The quantitative estimate of drug-likeness (QED) is 0.424. The SMILES string of the molecule is CCCCCCC(C(=O)O)C(C(N)CC1CCCCC1)P(=O)=O. The lowest BCUT2D eigenvalue weighted by atomic mass is 9.82. The number of carboxylic acids is 1. The Hall–Kier alpha value is -0.670. The van der Waals surface area contributed by atoms with Crippen molar-refractivity contribution in [2.75, 3.05) is 0 Å². The first-order valence-corrected chi connectivity index (χ1v) is 10.3. The third-order valence-electron chi connectivity index (χ3n) is 5.11. The molecule has 1 aliphatic carbocycles. The van der Waals surface area contributed by atoms with Gasteiger partial charge in [-0.3, -0.25) is 4.79 Å². The van der Waals surface area contributed by atoms with Crippen LogP contribution in [0.1, 0.15) is 77.6 Å². The van der Waals surface area contributed by atoms with E-state index in [1.54, 1.807) is 0 Å². The maximum absolute atomic E-state index is 11.7. The van der Waals surface area contributed by atoms with E-state index in [-0.39, 0.29) is 0 Å². The molecular weight excluding hydrogens is 313 g/mol. The van der Waals surface area contributed by atoms with Gasteiger partial charge in [-0.25, -0.2) is 9.13 Å². The van der Waals surface area contributed by atoms with E-state index < -0.39 is 31.3 Å². The molecule has 0 heterocycles. The van der Waals surface area contributed by atoms with Crippen LogP contribution in [0.15, 0.2) is 0 Å². The predicted octanol–water partition coefficient (Wildman–Crippen LogP) is 4.50. The third kappa shape index (κ3) is 7.17. The van der Waals surface area contributed by atoms with Gasteiger partial charge in [0.25, 0.3) is 0 Å². The Labute approximate surface area is 140 Å². The molecule has 3 atom stereocenters. The summed E-state index contributed by atoms with van der Waals surface area (Å²) in [5.74, 6) is -1.44. The van der Waals surface area contributed by atoms with Gasteiger partial charge < -0.3 is 10.8 Å². The molecule has 23 heavy (non-hydrogen) atoms. The van der Waals surface area contributed by atoms with E-state index in [0.29, 0.717) is 18.8 Å². The van der Waals surface area contributed by atoms with Gasteiger partial charge in [-0.1, -0.05) is 64.7 Å². The standard InChI is InChI=1S/C17H32NO4P/c1-2-3-4-8-11-14(17(19)20)16(23(21)22)15(18)12-13-9-6-5-7-10-13/h13-16H,2-12,18H2,1H3,(H,19,20). The van der Waals surface area contributed by atoms with E-state index in [4.69, 9.17) is 5.73 Å². The van der Waals surface area contributed by atoms with Crippen LogP contribution < -0.4 is 5.73 Å². The van der Waals surface area contributed by atoms with Crippen LogP contribution in [0.4, 0.5) is 0 Å². The Balaban J connectivity index is 2.68. The molecule has 1 fully saturated rings. The maximum atomic E-state index is 11.7. The molecule has 0 saturated heterocycles. The average molecular weight is 345 g/mol. The van der Waals surface area contributed by atoms with Crippen molar-refractivity contribution in [2.45, 2.75) is 89.3 Å². The molecule has 5 nitrogen and oxygen atoms in total. The molecule has 3 N–H and O–H groups in total. The van der Waals surface area contributed by atoms with Gasteiger partial charge in [0.15, 0.2) is 0 Å². The Morgan fingerprint density at radius 3 is 2.35 bits per heavy atom. The monoisotopic (exact) mass is 345 g/mol. The third-order valence-corrected chi connectivity index (χ3v) is 6.34. The van der Waals surface area contributed by atoms with Crippen LogP contribution in [-0.4, -0.2) is 22.8 Å². The molecule has 0 aromatic heterocycles. The molecule has 0 bridgehead atoms. The highest BCUT2D eigenvalue weighted by atomic mass is 31.1. The molecule has 134 valence electrons. The zero-order chi connectivity index (χ0) is 17.2. The van der Waals surface area contributed by atoms with Gasteiger partial charge in [-0.05, 0) is 18.8 Å². The molecule has 6 heteroatoms. The van der Waals surface area contributed by atoms with Gasteiger partial charge in [0, 0.05) is 6.04 Å². The van der Waals surface area contributed by atoms with Crippen molar-refractivity contribution >= 4 is 13.6 Å². The van der Waals surface area contributed by atoms with Crippen molar-refractivity contribution in [3.63, 3.8) is 0 Å². The molecule has 3 unspecified atom stereocenters. The maximum Gasteiger partial charge on any atom is 0.321 e. The van der Waals surface area contributed by atoms with E-state index in [2.05, 4.69) is 6.92 Å². The summed E-state index contributed by atoms with van der Waals surface area (Å²) in [5.41, 5.74) is 5.23. The van der Waals surface area contributed by atoms with Crippen molar-refractivity contribution in [3.8, 4) is 0 Å². The van der Waals surface area contributed by atoms with Crippen LogP contribution in [0.25, 0.3) is 0 Å². The summed E-state index contributed by atoms with van der Waals surface area (Å²) in [6, 6.07) is -0.563. The lowest BCUT2D eigenvalue weighted by Crippen LogP contribution is -2.41. The highest BCUT2D eigenvalue weighted by molar-refractivity contribution is 7.32. The van der Waals surface area contributed by atoms with Gasteiger partial charge in [0.2, 0.25) is 0 Å². The van der Waals surface area contributed by atoms with Gasteiger partial charge >= 0.3 is 13.6 Å². The fraction of sp³-hybridized carbons (Fsp3) is 0.941. The molecule has 0 amide bonds. The van der Waals surface area contributed by atoms with E-state index >= 15 is 0 Å². The molecule has 0 aromatic rings. The zero-order valence-corrected chi connectivity index (χ0v) is 15.2. The van der Waals surface area contributed by atoms with Crippen LogP contribution in [0.3, 0.4) is 0 Å². The molecular formula is C17H32NO4P. The van der Waals surface area contributed by atoms with E-state index in [1.165, 1.54) is 19.3 Å². The van der Waals surface area contributed by atoms with Crippen molar-refractivity contribution in [1.82, 2.24) is 0 Å². The number of carboxylic acid groups (broad SMARTS) is 1. The number of aliphatic carboxylic acids is 1. The van der Waals surface area contributed by atoms with E-state index in [0.717, 1.165) is 38.5 Å². The zero-order valence-electron chi connectivity index (χ0n) is 14.3. The fourth-order valence-corrected chi connectivity index (χ4v) is 4.79. The van der Waals surface area contributed by atoms with Gasteiger partial charge in [-0.15, -0.1) is 0 Å². The van der Waals surface area contributed by atoms with Gasteiger partial charge in [0.05, 0.1) is 11.6 Å². The molecule has 0 spiro atoms. The summed E-state index contributed by atoms with van der Waals surface area (Å²) in [4.78, 5) is 11.6. The normalized spacial score (nSPS) is 19.9. The van der Waals surface area contributed by atoms with Crippen molar-refractivity contribution in [1.29, 1.82) is 0 Å². The second-order valence-electron chi connectivity index (χ2n) is 6.97. The predicted molar refractivity (Wildman–Crippen MR) is 91.1 cm³/mol. The molecule has 1 rings (SSSR count). The van der Waals surface area contributed by atoms with Gasteiger partial charge in [0.1, 0.15) is 0 Å². The lowest BCUT2D eigenvalue weighted by Gasteiger charge is -2.29. The minimum atomic E-state index is -2.83. The van der Waals surface area contributed by atoms with Crippen molar-refractivity contribution < 1.29 is 19.0 Å². The Bertz CT molecular complexity index is 411. The first-order chi connectivity index (χ1) is 11.0. The number of hydrogen-bond acceptors (Lipinski definition) is 4. The molecule has 1 saturated carbocycles. The highest BCUT2D eigenvalue weighted by Crippen LogP contribution is 2.35. The topological polar surface area (TPSA) is 97.5 Å². The summed E-state index contributed by atoms with van der Waals surface area (Å²) in [6.07, 6.45) is 10.6. The number of nitrogens with two attached hydrogens (primary N) is 1. The lowest BCUT2D eigenvalue weighted by molar-refractivity contribution is -0.142. The Kier molecular flexibility index (Phi) is 9.73. The molecule has 1 aliphatic rings. The van der Waals surface area contributed by atoms with Crippen LogP contribution in [0.5, 0.6) is 0 Å². The number of hydrogen-bond donors (Lipinski definition) is 2.